The number of carbonyl (C=O) groups excluding carboxylic acids is 1. The van der Waals surface area contributed by atoms with E-state index < -0.39 is 0 Å². The van der Waals surface area contributed by atoms with Gasteiger partial charge in [0.25, 0.3) is 0 Å². The molecule has 3 N–H and O–H groups in total. The lowest BCUT2D eigenvalue weighted by Crippen LogP contribution is -2.40. The van der Waals surface area contributed by atoms with Crippen LogP contribution in [0.4, 0.5) is 4.79 Å². The van der Waals surface area contributed by atoms with Gasteiger partial charge < -0.3 is 15.7 Å². The van der Waals surface area contributed by atoms with Crippen LogP contribution in [0.1, 0.15) is 37.3 Å². The van der Waals surface area contributed by atoms with Gasteiger partial charge in [-0.1, -0.05) is 67.6 Å². The molecule has 0 aliphatic carbocycles. The van der Waals surface area contributed by atoms with E-state index in [1.807, 2.05) is 43.3 Å². The van der Waals surface area contributed by atoms with Crippen LogP contribution >= 0.6 is 0 Å². The largest absolute Gasteiger partial charge is 0.393 e. The monoisotopic (exact) mass is 340 g/mol. The third-order valence-electron chi connectivity index (χ3n) is 4.23. The zero-order valence-corrected chi connectivity index (χ0v) is 15.0. The summed E-state index contributed by atoms with van der Waals surface area (Å²) in [5.41, 5.74) is 2.35. The minimum Gasteiger partial charge on any atom is -0.393 e. The standard InChI is InChI=1S/C21H28N2O2/c1-16(13-17(2)24)14-22-21(25)23-15-20(18-9-5-3-6-10-18)19-11-7-4-8-12-19/h3-12,16-17,20,24H,13-15H2,1-2H3,(H2,22,23,25). The molecule has 4 nitrogen and oxygen atoms in total. The number of aliphatic hydroxyl groups is 1. The fraction of sp³-hybridized carbons (Fsp3) is 0.381. The van der Waals surface area contributed by atoms with E-state index in [-0.39, 0.29) is 24.0 Å². The SMILES string of the molecule is CC(O)CC(C)CNC(=O)NCC(c1ccccc1)c1ccccc1. The first-order chi connectivity index (χ1) is 12.1. The van der Waals surface area contributed by atoms with Gasteiger partial charge in [0.1, 0.15) is 0 Å². The van der Waals surface area contributed by atoms with E-state index in [0.29, 0.717) is 19.5 Å². The van der Waals surface area contributed by atoms with Gasteiger partial charge in [-0.05, 0) is 30.4 Å². The molecule has 0 aliphatic heterocycles. The molecule has 4 heteroatoms. The predicted molar refractivity (Wildman–Crippen MR) is 102 cm³/mol. The molecule has 2 amide bonds. The van der Waals surface area contributed by atoms with Gasteiger partial charge in [0.15, 0.2) is 0 Å². The Morgan fingerprint density at radius 2 is 1.36 bits per heavy atom. The van der Waals surface area contributed by atoms with E-state index in [1.165, 1.54) is 11.1 Å². The zero-order chi connectivity index (χ0) is 18.1. The van der Waals surface area contributed by atoms with Crippen LogP contribution in [-0.2, 0) is 0 Å². The molecule has 25 heavy (non-hydrogen) atoms. The van der Waals surface area contributed by atoms with Crippen LogP contribution in [0, 0.1) is 5.92 Å². The lowest BCUT2D eigenvalue weighted by Gasteiger charge is -2.20. The van der Waals surface area contributed by atoms with Crippen molar-refractivity contribution in [3.05, 3.63) is 71.8 Å². The van der Waals surface area contributed by atoms with Crippen molar-refractivity contribution in [3.8, 4) is 0 Å². The lowest BCUT2D eigenvalue weighted by atomic mass is 9.91. The zero-order valence-electron chi connectivity index (χ0n) is 15.0. The number of hydrogen-bond donors (Lipinski definition) is 3. The second kappa shape index (κ2) is 9.84. The van der Waals surface area contributed by atoms with E-state index in [0.717, 1.165) is 0 Å². The molecule has 0 aromatic heterocycles. The number of aliphatic hydroxyl groups excluding tert-OH is 1. The maximum absolute atomic E-state index is 12.1. The number of benzene rings is 2. The molecule has 0 bridgehead atoms. The van der Waals surface area contributed by atoms with Gasteiger partial charge in [-0.3, -0.25) is 0 Å². The Kier molecular flexibility index (Phi) is 7.48. The van der Waals surface area contributed by atoms with E-state index in [2.05, 4.69) is 34.9 Å². The Labute approximate surface area is 150 Å². The minimum atomic E-state index is -0.347. The summed E-state index contributed by atoms with van der Waals surface area (Å²) in [6.07, 6.45) is 0.331. The maximum atomic E-state index is 12.1. The number of carbonyl (C=O) groups is 1. The van der Waals surface area contributed by atoms with Gasteiger partial charge in [0.2, 0.25) is 0 Å². The van der Waals surface area contributed by atoms with E-state index in [4.69, 9.17) is 0 Å². The van der Waals surface area contributed by atoms with Gasteiger partial charge in [-0.25, -0.2) is 4.79 Å². The third-order valence-corrected chi connectivity index (χ3v) is 4.23. The van der Waals surface area contributed by atoms with Crippen LogP contribution in [0.15, 0.2) is 60.7 Å². The van der Waals surface area contributed by atoms with Crippen molar-refractivity contribution in [3.63, 3.8) is 0 Å². The molecule has 0 heterocycles. The van der Waals surface area contributed by atoms with Crippen molar-refractivity contribution in [2.45, 2.75) is 32.3 Å². The highest BCUT2D eigenvalue weighted by Crippen LogP contribution is 2.23. The summed E-state index contributed by atoms with van der Waals surface area (Å²) in [5, 5.41) is 15.2. The van der Waals surface area contributed by atoms with E-state index >= 15 is 0 Å². The highest BCUT2D eigenvalue weighted by atomic mass is 16.3. The smallest absolute Gasteiger partial charge is 0.314 e. The summed E-state index contributed by atoms with van der Waals surface area (Å²) in [6.45, 7) is 4.87. The number of hydrogen-bond acceptors (Lipinski definition) is 2. The molecule has 134 valence electrons. The number of amides is 2. The first-order valence-corrected chi connectivity index (χ1v) is 8.86. The highest BCUT2D eigenvalue weighted by molar-refractivity contribution is 5.74. The van der Waals surface area contributed by atoms with Crippen LogP contribution in [0.25, 0.3) is 0 Å². The number of urea groups is 1. The Hall–Kier alpha value is -2.33. The summed E-state index contributed by atoms with van der Waals surface area (Å²) in [7, 11) is 0. The Balaban J connectivity index is 1.93. The molecule has 0 aliphatic rings. The van der Waals surface area contributed by atoms with Crippen LogP contribution in [0.2, 0.25) is 0 Å². The van der Waals surface area contributed by atoms with Crippen molar-refractivity contribution < 1.29 is 9.90 Å². The summed E-state index contributed by atoms with van der Waals surface area (Å²) >= 11 is 0. The molecule has 0 radical (unpaired) electrons. The number of nitrogens with one attached hydrogen (secondary N) is 2. The van der Waals surface area contributed by atoms with Crippen LogP contribution in [0.5, 0.6) is 0 Å². The Morgan fingerprint density at radius 3 is 1.84 bits per heavy atom. The van der Waals surface area contributed by atoms with Crippen molar-refractivity contribution >= 4 is 6.03 Å². The molecule has 2 rings (SSSR count). The fourth-order valence-electron chi connectivity index (χ4n) is 2.99. The van der Waals surface area contributed by atoms with E-state index in [9.17, 15) is 9.90 Å². The molecular weight excluding hydrogens is 312 g/mol. The normalized spacial score (nSPS) is 13.3. The first kappa shape index (κ1) is 19.0. The molecule has 2 aromatic carbocycles. The average Bonchev–Trinajstić information content (AvgIpc) is 2.61. The topological polar surface area (TPSA) is 61.4 Å². The fourth-order valence-corrected chi connectivity index (χ4v) is 2.99. The third kappa shape index (κ3) is 6.59. The second-order valence-electron chi connectivity index (χ2n) is 6.65. The quantitative estimate of drug-likeness (QED) is 0.688. The van der Waals surface area contributed by atoms with Crippen LogP contribution in [0.3, 0.4) is 0 Å². The maximum Gasteiger partial charge on any atom is 0.314 e. The Bertz CT molecular complexity index is 589. The van der Waals surface area contributed by atoms with Gasteiger partial charge in [0, 0.05) is 19.0 Å². The Morgan fingerprint density at radius 1 is 0.880 bits per heavy atom. The second-order valence-corrected chi connectivity index (χ2v) is 6.65. The molecule has 2 unspecified atom stereocenters. The summed E-state index contributed by atoms with van der Waals surface area (Å²) in [5.74, 6) is 0.354. The summed E-state index contributed by atoms with van der Waals surface area (Å²) in [6, 6.07) is 20.2. The average molecular weight is 340 g/mol. The highest BCUT2D eigenvalue weighted by Gasteiger charge is 2.15. The molecule has 2 atom stereocenters. The van der Waals surface area contributed by atoms with Gasteiger partial charge in [-0.15, -0.1) is 0 Å². The predicted octanol–water partition coefficient (Wildman–Crippen LogP) is 3.52. The molecular formula is C21H28N2O2. The van der Waals surface area contributed by atoms with Crippen LogP contribution < -0.4 is 10.6 Å². The molecule has 2 aromatic rings. The minimum absolute atomic E-state index is 0.114. The molecule has 0 saturated carbocycles. The lowest BCUT2D eigenvalue weighted by molar-refractivity contribution is 0.163. The van der Waals surface area contributed by atoms with Crippen molar-refractivity contribution in [1.29, 1.82) is 0 Å². The van der Waals surface area contributed by atoms with E-state index in [1.54, 1.807) is 6.92 Å². The summed E-state index contributed by atoms with van der Waals surface area (Å²) < 4.78 is 0. The van der Waals surface area contributed by atoms with Gasteiger partial charge in [-0.2, -0.15) is 0 Å². The summed E-state index contributed by atoms with van der Waals surface area (Å²) in [4.78, 5) is 12.1. The molecule has 0 spiro atoms. The van der Waals surface area contributed by atoms with Crippen molar-refractivity contribution in [2.75, 3.05) is 13.1 Å². The molecule has 0 fully saturated rings. The number of rotatable bonds is 8. The van der Waals surface area contributed by atoms with Gasteiger partial charge in [0.05, 0.1) is 6.10 Å². The first-order valence-electron chi connectivity index (χ1n) is 8.86. The molecule has 0 saturated heterocycles. The van der Waals surface area contributed by atoms with Crippen LogP contribution in [-0.4, -0.2) is 30.3 Å². The van der Waals surface area contributed by atoms with Crippen molar-refractivity contribution in [1.82, 2.24) is 10.6 Å². The van der Waals surface area contributed by atoms with Crippen molar-refractivity contribution in [2.24, 2.45) is 5.92 Å². The van der Waals surface area contributed by atoms with Gasteiger partial charge >= 0.3 is 6.03 Å².